The van der Waals surface area contributed by atoms with Crippen molar-refractivity contribution in [3.8, 4) is 0 Å². The number of alkyl halides is 3. The lowest BCUT2D eigenvalue weighted by Gasteiger charge is -2.45. The van der Waals surface area contributed by atoms with Gasteiger partial charge in [0.15, 0.2) is 0 Å². The Balaban J connectivity index is 4.41. The molecule has 0 aromatic rings. The Bertz CT molecular complexity index is 287. The lowest BCUT2D eigenvalue weighted by molar-refractivity contribution is -0.203. The minimum atomic E-state index is -4.30. The van der Waals surface area contributed by atoms with E-state index >= 15 is 0 Å². The zero-order chi connectivity index (χ0) is 16.2. The van der Waals surface area contributed by atoms with Gasteiger partial charge in [0.1, 0.15) is 13.4 Å². The summed E-state index contributed by atoms with van der Waals surface area (Å²) < 4.78 is 45.7. The topological polar surface area (TPSA) is 18.5 Å². The van der Waals surface area contributed by atoms with Gasteiger partial charge in [0.2, 0.25) is 0 Å². The molecule has 20 heavy (non-hydrogen) atoms. The van der Waals surface area contributed by atoms with E-state index in [1.54, 1.807) is 0 Å². The van der Waals surface area contributed by atoms with E-state index in [0.717, 1.165) is 6.42 Å². The van der Waals surface area contributed by atoms with Crippen molar-refractivity contribution < 1.29 is 22.6 Å². The second-order valence-electron chi connectivity index (χ2n) is 7.98. The molecule has 2 nitrogen and oxygen atoms in total. The SMILES string of the molecule is CC(C)(C)CC(C)(COCOCC(F)(F)F)C(C)(C)C. The van der Waals surface area contributed by atoms with Gasteiger partial charge in [0.25, 0.3) is 0 Å². The first kappa shape index (κ1) is 19.7. The van der Waals surface area contributed by atoms with Gasteiger partial charge >= 0.3 is 6.18 Å². The maximum absolute atomic E-state index is 11.9. The molecule has 0 amide bonds. The Morgan fingerprint density at radius 3 is 1.55 bits per heavy atom. The molecule has 0 saturated carbocycles. The third-order valence-corrected chi connectivity index (χ3v) is 3.58. The zero-order valence-electron chi connectivity index (χ0n) is 13.8. The first-order valence-corrected chi connectivity index (χ1v) is 6.89. The van der Waals surface area contributed by atoms with Crippen LogP contribution in [0, 0.1) is 16.2 Å². The number of hydrogen-bond acceptors (Lipinski definition) is 2. The van der Waals surface area contributed by atoms with E-state index in [0.29, 0.717) is 6.61 Å². The van der Waals surface area contributed by atoms with Gasteiger partial charge in [-0.2, -0.15) is 13.2 Å². The maximum Gasteiger partial charge on any atom is 0.411 e. The van der Waals surface area contributed by atoms with E-state index in [1.807, 2.05) is 0 Å². The van der Waals surface area contributed by atoms with Gasteiger partial charge in [-0.3, -0.25) is 0 Å². The minimum absolute atomic E-state index is 0.00962. The molecule has 0 N–H and O–H groups in total. The molecule has 0 radical (unpaired) electrons. The van der Waals surface area contributed by atoms with Crippen molar-refractivity contribution in [3.05, 3.63) is 0 Å². The lowest BCUT2D eigenvalue weighted by Crippen LogP contribution is -2.40. The lowest BCUT2D eigenvalue weighted by atomic mass is 9.62. The van der Waals surface area contributed by atoms with E-state index in [9.17, 15) is 13.2 Å². The summed E-state index contributed by atoms with van der Waals surface area (Å²) in [6.45, 7) is 13.7. The Labute approximate surface area is 121 Å². The summed E-state index contributed by atoms with van der Waals surface area (Å²) in [5.41, 5.74) is -0.0185. The van der Waals surface area contributed by atoms with Crippen molar-refractivity contribution in [2.24, 2.45) is 16.2 Å². The Hall–Kier alpha value is -0.290. The molecule has 0 bridgehead atoms. The molecule has 0 aromatic carbocycles. The quantitative estimate of drug-likeness (QED) is 0.506. The normalized spacial score (nSPS) is 17.1. The van der Waals surface area contributed by atoms with Crippen LogP contribution in [0.25, 0.3) is 0 Å². The van der Waals surface area contributed by atoms with Crippen molar-refractivity contribution in [2.45, 2.75) is 61.1 Å². The molecule has 1 atom stereocenters. The minimum Gasteiger partial charge on any atom is -0.355 e. The molecule has 5 heteroatoms. The van der Waals surface area contributed by atoms with Crippen molar-refractivity contribution >= 4 is 0 Å². The predicted molar refractivity (Wildman–Crippen MR) is 74.5 cm³/mol. The van der Waals surface area contributed by atoms with Crippen molar-refractivity contribution in [1.29, 1.82) is 0 Å². The first-order valence-electron chi connectivity index (χ1n) is 6.89. The standard InChI is InChI=1S/C15H29F3O2/c1-12(2,3)8-14(7,13(4,5)6)9-19-11-20-10-15(16,17)18/h8-11H2,1-7H3. The highest BCUT2D eigenvalue weighted by atomic mass is 19.4. The molecule has 0 spiro atoms. The molecule has 122 valence electrons. The molecule has 0 saturated heterocycles. The summed E-state index contributed by atoms with van der Waals surface area (Å²) >= 11 is 0. The molecule has 0 aliphatic heterocycles. The molecule has 0 heterocycles. The first-order chi connectivity index (χ1) is 8.66. The van der Waals surface area contributed by atoms with Gasteiger partial charge in [0, 0.05) is 0 Å². The van der Waals surface area contributed by atoms with Gasteiger partial charge < -0.3 is 9.47 Å². The van der Waals surface area contributed by atoms with Crippen LogP contribution in [0.4, 0.5) is 13.2 Å². The van der Waals surface area contributed by atoms with Crippen LogP contribution >= 0.6 is 0 Å². The van der Waals surface area contributed by atoms with Gasteiger partial charge in [0.05, 0.1) is 6.61 Å². The summed E-state index contributed by atoms with van der Waals surface area (Å²) in [6, 6.07) is 0. The number of rotatable bonds is 6. The second-order valence-corrected chi connectivity index (χ2v) is 7.98. The third kappa shape index (κ3) is 8.10. The summed E-state index contributed by atoms with van der Waals surface area (Å²) in [6.07, 6.45) is -3.38. The van der Waals surface area contributed by atoms with Crippen molar-refractivity contribution in [3.63, 3.8) is 0 Å². The molecular formula is C15H29F3O2. The van der Waals surface area contributed by atoms with Crippen LogP contribution in [0.15, 0.2) is 0 Å². The molecule has 1 unspecified atom stereocenters. The van der Waals surface area contributed by atoms with Gasteiger partial charge in [-0.1, -0.05) is 48.5 Å². The Kier molecular flexibility index (Phi) is 6.55. The maximum atomic E-state index is 11.9. The number of hydrogen-bond donors (Lipinski definition) is 0. The van der Waals surface area contributed by atoms with Crippen LogP contribution in [0.5, 0.6) is 0 Å². The third-order valence-electron chi connectivity index (χ3n) is 3.58. The van der Waals surface area contributed by atoms with Crippen LogP contribution < -0.4 is 0 Å². The van der Waals surface area contributed by atoms with Gasteiger partial charge in [-0.05, 0) is 22.7 Å². The van der Waals surface area contributed by atoms with Crippen LogP contribution in [0.3, 0.4) is 0 Å². The van der Waals surface area contributed by atoms with Gasteiger partial charge in [-0.25, -0.2) is 0 Å². The fourth-order valence-electron chi connectivity index (χ4n) is 2.19. The van der Waals surface area contributed by atoms with Crippen molar-refractivity contribution in [1.82, 2.24) is 0 Å². The summed E-state index contributed by atoms with van der Waals surface area (Å²) in [5, 5.41) is 0. The van der Waals surface area contributed by atoms with Crippen LogP contribution in [-0.4, -0.2) is 26.2 Å². The summed E-state index contributed by atoms with van der Waals surface area (Å²) in [7, 11) is 0. The van der Waals surface area contributed by atoms with E-state index in [1.165, 1.54) is 0 Å². The van der Waals surface area contributed by atoms with E-state index in [-0.39, 0.29) is 23.0 Å². The molecule has 0 rings (SSSR count). The summed E-state index contributed by atoms with van der Waals surface area (Å²) in [5.74, 6) is 0. The molecule has 0 aliphatic carbocycles. The second kappa shape index (κ2) is 6.65. The highest BCUT2D eigenvalue weighted by molar-refractivity contribution is 4.89. The average molecular weight is 298 g/mol. The Morgan fingerprint density at radius 1 is 0.750 bits per heavy atom. The number of halogens is 3. The average Bonchev–Trinajstić information content (AvgIpc) is 2.10. The highest BCUT2D eigenvalue weighted by Crippen LogP contribution is 2.46. The molecular weight excluding hydrogens is 269 g/mol. The highest BCUT2D eigenvalue weighted by Gasteiger charge is 2.40. The van der Waals surface area contributed by atoms with Crippen molar-refractivity contribution in [2.75, 3.05) is 20.0 Å². The Morgan fingerprint density at radius 2 is 1.20 bits per heavy atom. The van der Waals surface area contributed by atoms with Crippen LogP contribution in [-0.2, 0) is 9.47 Å². The van der Waals surface area contributed by atoms with Crippen LogP contribution in [0.1, 0.15) is 54.9 Å². The molecule has 0 aromatic heterocycles. The monoisotopic (exact) mass is 298 g/mol. The van der Waals surface area contributed by atoms with E-state index in [4.69, 9.17) is 4.74 Å². The molecule has 0 aliphatic rings. The van der Waals surface area contributed by atoms with Gasteiger partial charge in [-0.15, -0.1) is 0 Å². The largest absolute Gasteiger partial charge is 0.411 e. The zero-order valence-corrected chi connectivity index (χ0v) is 13.8. The fraction of sp³-hybridized carbons (Fsp3) is 1.00. The van der Waals surface area contributed by atoms with Crippen LogP contribution in [0.2, 0.25) is 0 Å². The predicted octanol–water partition coefficient (Wildman–Crippen LogP) is 5.03. The molecule has 0 fully saturated rings. The fourth-order valence-corrected chi connectivity index (χ4v) is 2.19. The summed E-state index contributed by atoms with van der Waals surface area (Å²) in [4.78, 5) is 0. The van der Waals surface area contributed by atoms with E-state index < -0.39 is 12.8 Å². The number of ether oxygens (including phenoxy) is 2. The smallest absolute Gasteiger partial charge is 0.355 e. The van der Waals surface area contributed by atoms with E-state index in [2.05, 4.69) is 53.2 Å².